The predicted octanol–water partition coefficient (Wildman–Crippen LogP) is 7.15. The van der Waals surface area contributed by atoms with Crippen LogP contribution in [0.15, 0.2) is 114 Å². The Bertz CT molecular complexity index is 1820. The van der Waals surface area contributed by atoms with Crippen molar-refractivity contribution in [3.63, 3.8) is 0 Å². The standard InChI is InChI=1S/C34H33ClN4O4S/c1-24(2)26-9-15-29(16-10-26)39-22-32(27-11-17-30(43-3)18-12-27)36-34(39)37-33(40)23-38(21-25-7-5-4-6-8-25)44(41,42)31-19-13-28(35)14-20-31/h4-20,22,24H,21,23H2,1-3H3,(H,36,37,40). The molecule has 0 fully saturated rings. The highest BCUT2D eigenvalue weighted by Gasteiger charge is 2.28. The number of imidazole rings is 1. The van der Waals surface area contributed by atoms with E-state index in [1.54, 1.807) is 11.7 Å². The highest BCUT2D eigenvalue weighted by Crippen LogP contribution is 2.27. The number of hydrogen-bond acceptors (Lipinski definition) is 5. The Balaban J connectivity index is 1.48. The normalized spacial score (nSPS) is 11.6. The van der Waals surface area contributed by atoms with E-state index in [0.717, 1.165) is 21.1 Å². The Kier molecular flexibility index (Phi) is 9.49. The van der Waals surface area contributed by atoms with Crippen LogP contribution in [0.3, 0.4) is 0 Å². The summed E-state index contributed by atoms with van der Waals surface area (Å²) in [5.74, 6) is 0.803. The first-order chi connectivity index (χ1) is 21.1. The van der Waals surface area contributed by atoms with Crippen LogP contribution in [0.25, 0.3) is 16.9 Å². The molecule has 4 aromatic carbocycles. The molecule has 5 rings (SSSR count). The zero-order valence-corrected chi connectivity index (χ0v) is 26.2. The molecule has 0 aliphatic heterocycles. The Labute approximate surface area is 263 Å². The molecular weight excluding hydrogens is 596 g/mol. The van der Waals surface area contributed by atoms with Gasteiger partial charge in [0.15, 0.2) is 0 Å². The monoisotopic (exact) mass is 628 g/mol. The zero-order chi connectivity index (χ0) is 31.3. The van der Waals surface area contributed by atoms with Crippen molar-refractivity contribution >= 4 is 33.5 Å². The van der Waals surface area contributed by atoms with E-state index < -0.39 is 22.5 Å². The van der Waals surface area contributed by atoms with E-state index in [1.807, 2.05) is 85.1 Å². The number of carbonyl (C=O) groups is 1. The van der Waals surface area contributed by atoms with E-state index >= 15 is 0 Å². The van der Waals surface area contributed by atoms with Gasteiger partial charge in [-0.2, -0.15) is 4.31 Å². The SMILES string of the molecule is COc1ccc(-c2cn(-c3ccc(C(C)C)cc3)c(NC(=O)CN(Cc3ccccc3)S(=O)(=O)c3ccc(Cl)cc3)n2)cc1. The number of benzene rings is 4. The molecule has 1 aromatic heterocycles. The molecular formula is C34H33ClN4O4S. The van der Waals surface area contributed by atoms with Crippen LogP contribution in [0, 0.1) is 0 Å². The van der Waals surface area contributed by atoms with Crippen molar-refractivity contribution in [1.29, 1.82) is 0 Å². The molecule has 0 saturated heterocycles. The minimum Gasteiger partial charge on any atom is -0.497 e. The van der Waals surface area contributed by atoms with E-state index in [0.29, 0.717) is 22.4 Å². The van der Waals surface area contributed by atoms with Crippen molar-refractivity contribution in [2.45, 2.75) is 31.2 Å². The van der Waals surface area contributed by atoms with Crippen LogP contribution in [0.2, 0.25) is 5.02 Å². The van der Waals surface area contributed by atoms with Crippen LogP contribution in [-0.4, -0.2) is 41.8 Å². The minimum atomic E-state index is -4.05. The Morgan fingerprint density at radius 2 is 1.59 bits per heavy atom. The predicted molar refractivity (Wildman–Crippen MR) is 174 cm³/mol. The first-order valence-corrected chi connectivity index (χ1v) is 15.9. The van der Waals surface area contributed by atoms with Gasteiger partial charge in [-0.3, -0.25) is 14.7 Å². The lowest BCUT2D eigenvalue weighted by Crippen LogP contribution is -2.38. The van der Waals surface area contributed by atoms with Crippen LogP contribution in [0.5, 0.6) is 5.75 Å². The molecule has 0 radical (unpaired) electrons. The molecule has 0 atom stereocenters. The number of rotatable bonds is 11. The van der Waals surface area contributed by atoms with E-state index in [-0.39, 0.29) is 17.4 Å². The van der Waals surface area contributed by atoms with Gasteiger partial charge in [0.05, 0.1) is 24.2 Å². The van der Waals surface area contributed by atoms with Gasteiger partial charge in [-0.15, -0.1) is 0 Å². The molecule has 44 heavy (non-hydrogen) atoms. The summed E-state index contributed by atoms with van der Waals surface area (Å²) in [4.78, 5) is 18.4. The number of nitrogens with one attached hydrogen (secondary N) is 1. The molecule has 8 nitrogen and oxygen atoms in total. The largest absolute Gasteiger partial charge is 0.497 e. The lowest BCUT2D eigenvalue weighted by atomic mass is 10.0. The van der Waals surface area contributed by atoms with E-state index in [4.69, 9.17) is 21.3 Å². The fraction of sp³-hybridized carbons (Fsp3) is 0.176. The third-order valence-electron chi connectivity index (χ3n) is 7.15. The van der Waals surface area contributed by atoms with Gasteiger partial charge in [0.25, 0.3) is 0 Å². The van der Waals surface area contributed by atoms with E-state index in [9.17, 15) is 13.2 Å². The topological polar surface area (TPSA) is 93.5 Å². The van der Waals surface area contributed by atoms with Gasteiger partial charge >= 0.3 is 0 Å². The number of aromatic nitrogens is 2. The highest BCUT2D eigenvalue weighted by molar-refractivity contribution is 7.89. The van der Waals surface area contributed by atoms with E-state index in [2.05, 4.69) is 19.2 Å². The second-order valence-electron chi connectivity index (χ2n) is 10.6. The number of sulfonamides is 1. The van der Waals surface area contributed by atoms with Gasteiger partial charge < -0.3 is 4.74 Å². The van der Waals surface area contributed by atoms with Gasteiger partial charge in [0, 0.05) is 29.0 Å². The smallest absolute Gasteiger partial charge is 0.243 e. The molecule has 1 heterocycles. The molecule has 0 unspecified atom stereocenters. The summed E-state index contributed by atoms with van der Waals surface area (Å²) in [6.45, 7) is 3.82. The molecule has 5 aromatic rings. The second kappa shape index (κ2) is 13.5. The lowest BCUT2D eigenvalue weighted by Gasteiger charge is -2.22. The van der Waals surface area contributed by atoms with Crippen LogP contribution in [-0.2, 0) is 21.4 Å². The van der Waals surface area contributed by atoms with Gasteiger partial charge in [0.2, 0.25) is 21.9 Å². The fourth-order valence-electron chi connectivity index (χ4n) is 4.68. The summed E-state index contributed by atoms with van der Waals surface area (Å²) in [5, 5.41) is 3.28. The fourth-order valence-corrected chi connectivity index (χ4v) is 6.19. The third kappa shape index (κ3) is 7.19. The summed E-state index contributed by atoms with van der Waals surface area (Å²) in [6, 6.07) is 30.5. The van der Waals surface area contributed by atoms with Crippen LogP contribution >= 0.6 is 11.6 Å². The number of methoxy groups -OCH3 is 1. The highest BCUT2D eigenvalue weighted by atomic mass is 35.5. The number of anilines is 1. The minimum absolute atomic E-state index is 0.00141. The van der Waals surface area contributed by atoms with Crippen molar-refractivity contribution in [2.75, 3.05) is 19.0 Å². The molecule has 0 saturated carbocycles. The lowest BCUT2D eigenvalue weighted by molar-refractivity contribution is -0.116. The Hall–Kier alpha value is -4.44. The molecule has 0 bridgehead atoms. The third-order valence-corrected chi connectivity index (χ3v) is 9.21. The maximum absolute atomic E-state index is 13.7. The summed E-state index contributed by atoms with van der Waals surface area (Å²) in [6.07, 6.45) is 1.84. The summed E-state index contributed by atoms with van der Waals surface area (Å²) >= 11 is 6.01. The van der Waals surface area contributed by atoms with Gasteiger partial charge in [0.1, 0.15) is 5.75 Å². The van der Waals surface area contributed by atoms with Gasteiger partial charge in [-0.1, -0.05) is 67.9 Å². The van der Waals surface area contributed by atoms with Crippen LogP contribution < -0.4 is 10.1 Å². The molecule has 1 N–H and O–H groups in total. The van der Waals surface area contributed by atoms with Crippen molar-refractivity contribution < 1.29 is 17.9 Å². The first kappa shape index (κ1) is 31.0. The van der Waals surface area contributed by atoms with E-state index in [1.165, 1.54) is 29.8 Å². The number of amides is 1. The average molecular weight is 629 g/mol. The van der Waals surface area contributed by atoms with Crippen LogP contribution in [0.4, 0.5) is 5.95 Å². The molecule has 226 valence electrons. The molecule has 10 heteroatoms. The Morgan fingerprint density at radius 1 is 0.932 bits per heavy atom. The Morgan fingerprint density at radius 3 is 2.20 bits per heavy atom. The second-order valence-corrected chi connectivity index (χ2v) is 12.9. The zero-order valence-electron chi connectivity index (χ0n) is 24.6. The summed E-state index contributed by atoms with van der Waals surface area (Å²) in [5.41, 5.74) is 4.18. The molecule has 0 spiro atoms. The number of nitrogens with zero attached hydrogens (tertiary/aromatic N) is 3. The maximum atomic E-state index is 13.7. The summed E-state index contributed by atoms with van der Waals surface area (Å²) in [7, 11) is -2.44. The number of hydrogen-bond donors (Lipinski definition) is 1. The average Bonchev–Trinajstić information content (AvgIpc) is 3.45. The molecule has 0 aliphatic rings. The van der Waals surface area contributed by atoms with Crippen LogP contribution in [0.1, 0.15) is 30.9 Å². The van der Waals surface area contributed by atoms with Gasteiger partial charge in [-0.25, -0.2) is 13.4 Å². The first-order valence-electron chi connectivity index (χ1n) is 14.1. The quantitative estimate of drug-likeness (QED) is 0.168. The number of ether oxygens (including phenoxy) is 1. The number of carbonyl (C=O) groups excluding carboxylic acids is 1. The van der Waals surface area contributed by atoms with Gasteiger partial charge in [-0.05, 0) is 77.7 Å². The van der Waals surface area contributed by atoms with Crippen molar-refractivity contribution in [3.05, 3.63) is 125 Å². The number of halogens is 1. The van der Waals surface area contributed by atoms with Crippen molar-refractivity contribution in [3.8, 4) is 22.7 Å². The molecule has 0 aliphatic carbocycles. The van der Waals surface area contributed by atoms with Crippen molar-refractivity contribution in [1.82, 2.24) is 13.9 Å². The molecule has 1 amide bonds. The van der Waals surface area contributed by atoms with Crippen molar-refractivity contribution in [2.24, 2.45) is 0 Å². The summed E-state index contributed by atoms with van der Waals surface area (Å²) < 4.78 is 35.7. The maximum Gasteiger partial charge on any atom is 0.243 e.